The van der Waals surface area contributed by atoms with Gasteiger partial charge in [-0.05, 0) is 27.7 Å². The summed E-state index contributed by atoms with van der Waals surface area (Å²) in [5, 5.41) is 11.9. The molecule has 1 aliphatic rings. The van der Waals surface area contributed by atoms with E-state index < -0.39 is 0 Å². The van der Waals surface area contributed by atoms with Crippen LogP contribution in [-0.2, 0) is 0 Å². The number of rotatable bonds is 2. The summed E-state index contributed by atoms with van der Waals surface area (Å²) in [6, 6.07) is 12.6. The van der Waals surface area contributed by atoms with Crippen LogP contribution >= 0.6 is 0 Å². The van der Waals surface area contributed by atoms with Crippen LogP contribution in [0, 0.1) is 5.92 Å². The smallest absolute Gasteiger partial charge is 0.305 e. The summed E-state index contributed by atoms with van der Waals surface area (Å²) < 4.78 is 0. The molecule has 2 aromatic carbocycles. The van der Waals surface area contributed by atoms with E-state index in [0.29, 0.717) is 11.8 Å². The Bertz CT molecular complexity index is 657. The fraction of sp³-hybridized carbons (Fsp3) is 0.176. The molecule has 0 saturated heterocycles. The number of allylic oxidation sites excluding steroid dienone is 4. The molecule has 0 radical (unpaired) electrons. The molecule has 2 aromatic rings. The molecule has 1 aliphatic carbocycles. The summed E-state index contributed by atoms with van der Waals surface area (Å²) in [5.41, 5.74) is 2.35. The van der Waals surface area contributed by atoms with Crippen molar-refractivity contribution in [3.8, 4) is 0 Å². The minimum atomic E-state index is 0.0940. The highest BCUT2D eigenvalue weighted by Gasteiger charge is 2.19. The first-order chi connectivity index (χ1) is 9.31. The van der Waals surface area contributed by atoms with Gasteiger partial charge in [-0.15, -0.1) is 0 Å². The maximum atomic E-state index is 9.46. The first-order valence-electron chi connectivity index (χ1n) is 6.77. The van der Waals surface area contributed by atoms with Crippen LogP contribution in [0.2, 0.25) is 0 Å². The van der Waals surface area contributed by atoms with Gasteiger partial charge in [0.15, 0.2) is 0 Å². The molecule has 0 spiro atoms. The van der Waals surface area contributed by atoms with Crippen LogP contribution in [0.25, 0.3) is 10.8 Å². The van der Waals surface area contributed by atoms with Gasteiger partial charge >= 0.3 is 7.48 Å². The summed E-state index contributed by atoms with van der Waals surface area (Å²) in [6.45, 7) is 2.25. The predicted octanol–water partition coefficient (Wildman–Crippen LogP) is 2.65. The lowest BCUT2D eigenvalue weighted by molar-refractivity contribution is 0.615. The number of benzene rings is 2. The summed E-state index contributed by atoms with van der Waals surface area (Å²) >= 11 is 0. The monoisotopic (exact) mass is 248 g/mol. The Morgan fingerprint density at radius 2 is 1.68 bits per heavy atom. The minimum absolute atomic E-state index is 0.0940. The van der Waals surface area contributed by atoms with E-state index in [1.807, 2.05) is 6.07 Å². The van der Waals surface area contributed by atoms with Crippen LogP contribution in [0.5, 0.6) is 0 Å². The number of hydrogen-bond acceptors (Lipinski definition) is 1. The Morgan fingerprint density at radius 3 is 2.42 bits per heavy atom. The van der Waals surface area contributed by atoms with Gasteiger partial charge in [0.2, 0.25) is 0 Å². The van der Waals surface area contributed by atoms with Crippen LogP contribution < -0.4 is 5.46 Å². The average molecular weight is 248 g/mol. The van der Waals surface area contributed by atoms with Gasteiger partial charge in [-0.25, -0.2) is 0 Å². The van der Waals surface area contributed by atoms with Gasteiger partial charge in [0.1, 0.15) is 0 Å². The Balaban J connectivity index is 2.20. The van der Waals surface area contributed by atoms with Crippen molar-refractivity contribution in [1.29, 1.82) is 0 Å². The second kappa shape index (κ2) is 5.06. The fourth-order valence-electron chi connectivity index (χ4n) is 2.92. The van der Waals surface area contributed by atoms with Gasteiger partial charge < -0.3 is 5.02 Å². The van der Waals surface area contributed by atoms with Gasteiger partial charge in [-0.3, -0.25) is 0 Å². The molecule has 0 bridgehead atoms. The third-order valence-corrected chi connectivity index (χ3v) is 3.99. The second-order valence-electron chi connectivity index (χ2n) is 5.17. The molecule has 0 aliphatic heterocycles. The van der Waals surface area contributed by atoms with Crippen molar-refractivity contribution >= 4 is 23.7 Å². The molecule has 19 heavy (non-hydrogen) atoms. The number of hydrogen-bond donors (Lipinski definition) is 1. The first-order valence-corrected chi connectivity index (χ1v) is 6.77. The van der Waals surface area contributed by atoms with E-state index in [2.05, 4.69) is 61.6 Å². The largest absolute Gasteiger partial charge is 0.449 e. The highest BCUT2D eigenvalue weighted by molar-refractivity contribution is 6.50. The topological polar surface area (TPSA) is 20.2 Å². The lowest BCUT2D eigenvalue weighted by Crippen LogP contribution is -2.16. The van der Waals surface area contributed by atoms with Crippen molar-refractivity contribution in [2.75, 3.05) is 0 Å². The molecule has 1 nitrogen and oxygen atoms in total. The zero-order valence-corrected chi connectivity index (χ0v) is 11.1. The van der Waals surface area contributed by atoms with Gasteiger partial charge in [0.05, 0.1) is 0 Å². The molecule has 0 aromatic heterocycles. The van der Waals surface area contributed by atoms with Gasteiger partial charge in [-0.2, -0.15) is 0 Å². The SMILES string of the molecule is CC1C=CC=CC1c1ccc(BO)c2ccccc12. The average Bonchev–Trinajstić information content (AvgIpc) is 2.47. The maximum Gasteiger partial charge on any atom is 0.305 e. The van der Waals surface area contributed by atoms with E-state index in [4.69, 9.17) is 0 Å². The van der Waals surface area contributed by atoms with Crippen LogP contribution in [-0.4, -0.2) is 12.5 Å². The summed E-state index contributed by atoms with van der Waals surface area (Å²) in [6.07, 6.45) is 8.76. The van der Waals surface area contributed by atoms with Gasteiger partial charge in [0.25, 0.3) is 0 Å². The molecule has 2 unspecified atom stereocenters. The highest BCUT2D eigenvalue weighted by atomic mass is 16.2. The van der Waals surface area contributed by atoms with Crippen molar-refractivity contribution in [3.05, 3.63) is 66.3 Å². The van der Waals surface area contributed by atoms with E-state index in [0.717, 1.165) is 10.8 Å². The predicted molar refractivity (Wildman–Crippen MR) is 83.1 cm³/mol. The summed E-state index contributed by atoms with van der Waals surface area (Å²) in [4.78, 5) is 0. The van der Waals surface area contributed by atoms with E-state index >= 15 is 0 Å². The Hall–Kier alpha value is -1.80. The lowest BCUT2D eigenvalue weighted by atomic mass is 9.77. The van der Waals surface area contributed by atoms with E-state index in [9.17, 15) is 5.02 Å². The molecule has 94 valence electrons. The van der Waals surface area contributed by atoms with Crippen molar-refractivity contribution < 1.29 is 5.02 Å². The van der Waals surface area contributed by atoms with Gasteiger partial charge in [-0.1, -0.05) is 67.6 Å². The Kier molecular flexibility index (Phi) is 3.26. The van der Waals surface area contributed by atoms with Crippen LogP contribution in [0.4, 0.5) is 0 Å². The zero-order valence-electron chi connectivity index (χ0n) is 11.1. The Labute approximate surface area is 114 Å². The third-order valence-electron chi connectivity index (χ3n) is 3.99. The normalized spacial score (nSPS) is 21.8. The second-order valence-corrected chi connectivity index (χ2v) is 5.17. The van der Waals surface area contributed by atoms with Gasteiger partial charge in [0, 0.05) is 5.92 Å². The molecule has 0 fully saturated rings. The molecule has 3 rings (SSSR count). The van der Waals surface area contributed by atoms with Crippen LogP contribution in [0.1, 0.15) is 18.4 Å². The van der Waals surface area contributed by atoms with Crippen molar-refractivity contribution in [3.63, 3.8) is 0 Å². The zero-order chi connectivity index (χ0) is 13.2. The molecular weight excluding hydrogens is 231 g/mol. The van der Waals surface area contributed by atoms with Crippen molar-refractivity contribution in [2.24, 2.45) is 5.92 Å². The van der Waals surface area contributed by atoms with E-state index in [1.165, 1.54) is 10.9 Å². The summed E-state index contributed by atoms with van der Waals surface area (Å²) in [5.74, 6) is 0.927. The fourth-order valence-corrected chi connectivity index (χ4v) is 2.92. The van der Waals surface area contributed by atoms with Crippen molar-refractivity contribution in [1.82, 2.24) is 0 Å². The molecule has 0 heterocycles. The van der Waals surface area contributed by atoms with Crippen LogP contribution in [0.3, 0.4) is 0 Å². The van der Waals surface area contributed by atoms with E-state index in [1.54, 1.807) is 0 Å². The minimum Gasteiger partial charge on any atom is -0.449 e. The molecule has 0 amide bonds. The molecular formula is C17H17BO. The lowest BCUT2D eigenvalue weighted by Gasteiger charge is -2.23. The standard InChI is InChI=1S/C17H17BO/c1-12-6-2-3-7-13(12)15-10-11-17(18-19)16-9-5-4-8-14(15)16/h2-13,18-19H,1H3. The van der Waals surface area contributed by atoms with Crippen molar-refractivity contribution in [2.45, 2.75) is 12.8 Å². The highest BCUT2D eigenvalue weighted by Crippen LogP contribution is 2.33. The molecule has 1 N–H and O–H groups in total. The summed E-state index contributed by atoms with van der Waals surface area (Å²) in [7, 11) is 0.0940. The quantitative estimate of drug-likeness (QED) is 0.810. The molecule has 2 atom stereocenters. The first kappa shape index (κ1) is 12.2. The Morgan fingerprint density at radius 1 is 0.947 bits per heavy atom. The van der Waals surface area contributed by atoms with E-state index in [-0.39, 0.29) is 7.48 Å². The number of fused-ring (bicyclic) bond motifs is 1. The molecule has 0 saturated carbocycles. The third kappa shape index (κ3) is 2.13. The maximum absolute atomic E-state index is 9.46. The molecule has 2 heteroatoms. The van der Waals surface area contributed by atoms with Crippen LogP contribution in [0.15, 0.2) is 60.7 Å².